The molecular weight excluding hydrogens is 523 g/mol. The average Bonchev–Trinajstić information content (AvgIpc) is 3.38. The summed E-state index contributed by atoms with van der Waals surface area (Å²) in [5.74, 6) is 0.0788. The first kappa shape index (κ1) is 28.7. The van der Waals surface area contributed by atoms with Gasteiger partial charge in [-0.25, -0.2) is 9.78 Å². The topological polar surface area (TPSA) is 99.8 Å². The van der Waals surface area contributed by atoms with E-state index in [-0.39, 0.29) is 24.0 Å². The highest BCUT2D eigenvalue weighted by atomic mass is 19.1. The van der Waals surface area contributed by atoms with Crippen molar-refractivity contribution in [2.45, 2.75) is 45.7 Å². The Morgan fingerprint density at radius 1 is 1.05 bits per heavy atom. The molecule has 1 aromatic carbocycles. The highest BCUT2D eigenvalue weighted by molar-refractivity contribution is 5.99. The van der Waals surface area contributed by atoms with E-state index < -0.39 is 5.95 Å². The van der Waals surface area contributed by atoms with Gasteiger partial charge in [-0.15, -0.1) is 0 Å². The van der Waals surface area contributed by atoms with Crippen LogP contribution < -0.4 is 15.5 Å². The number of aromatic nitrogens is 2. The molecule has 0 atom stereocenters. The summed E-state index contributed by atoms with van der Waals surface area (Å²) in [5, 5.41) is 7.25. The van der Waals surface area contributed by atoms with Crippen LogP contribution in [0.2, 0.25) is 0 Å². The van der Waals surface area contributed by atoms with Gasteiger partial charge in [0, 0.05) is 74.5 Å². The molecule has 2 fully saturated rings. The van der Waals surface area contributed by atoms with Crippen LogP contribution in [0.4, 0.5) is 26.4 Å². The normalized spacial score (nSPS) is 16.8. The molecule has 2 aliphatic heterocycles. The average molecular weight is 565 g/mol. The molecule has 0 aliphatic carbocycles. The molecule has 2 aromatic heterocycles. The predicted octanol–water partition coefficient (Wildman–Crippen LogP) is 4.43. The Balaban J connectivity index is 1.22. The van der Waals surface area contributed by atoms with E-state index >= 15 is 0 Å². The lowest BCUT2D eigenvalue weighted by atomic mass is 10.0. The molecule has 11 heteroatoms. The number of amides is 3. The van der Waals surface area contributed by atoms with Gasteiger partial charge in [0.15, 0.2) is 5.82 Å². The minimum atomic E-state index is -0.499. The zero-order chi connectivity index (χ0) is 29.1. The van der Waals surface area contributed by atoms with E-state index in [1.54, 1.807) is 6.07 Å². The van der Waals surface area contributed by atoms with Crippen LogP contribution in [0.25, 0.3) is 10.9 Å². The van der Waals surface area contributed by atoms with Gasteiger partial charge in [0.1, 0.15) is 5.69 Å². The summed E-state index contributed by atoms with van der Waals surface area (Å²) >= 11 is 0. The minimum Gasteiger partial charge on any atom is -0.380 e. The molecule has 10 nitrogen and oxygen atoms in total. The van der Waals surface area contributed by atoms with Gasteiger partial charge in [0.25, 0.3) is 5.91 Å². The smallest absolute Gasteiger partial charge is 0.321 e. The van der Waals surface area contributed by atoms with Gasteiger partial charge in [0.2, 0.25) is 5.95 Å². The molecule has 3 aromatic rings. The largest absolute Gasteiger partial charge is 0.380 e. The molecule has 0 unspecified atom stereocenters. The molecule has 0 saturated carbocycles. The first-order chi connectivity index (χ1) is 19.7. The maximum Gasteiger partial charge on any atom is 0.321 e. The lowest BCUT2D eigenvalue weighted by Crippen LogP contribution is -2.48. The molecule has 2 saturated heterocycles. The maximum absolute atomic E-state index is 14.1. The Morgan fingerprint density at radius 3 is 2.46 bits per heavy atom. The second-order valence-electron chi connectivity index (χ2n) is 11.3. The number of H-pyrrole nitrogens is 1. The third kappa shape index (κ3) is 6.56. The van der Waals surface area contributed by atoms with Crippen LogP contribution in [-0.4, -0.2) is 102 Å². The number of likely N-dealkylation sites (tertiary alicyclic amines) is 1. The number of urea groups is 1. The van der Waals surface area contributed by atoms with Crippen LogP contribution in [0.1, 0.15) is 44.1 Å². The molecule has 0 bridgehead atoms. The van der Waals surface area contributed by atoms with E-state index in [0.29, 0.717) is 49.9 Å². The number of fused-ring (bicyclic) bond motifs is 1. The number of carbonyl (C=O) groups excluding carboxylic acids is 2. The Labute approximate surface area is 240 Å². The van der Waals surface area contributed by atoms with Crippen molar-refractivity contribution >= 4 is 40.0 Å². The molecule has 4 heterocycles. The summed E-state index contributed by atoms with van der Waals surface area (Å²) in [6.07, 6.45) is 1.53. The van der Waals surface area contributed by atoms with Crippen LogP contribution in [-0.2, 0) is 0 Å². The van der Waals surface area contributed by atoms with Crippen molar-refractivity contribution in [2.75, 3.05) is 68.4 Å². The molecule has 41 heavy (non-hydrogen) atoms. The summed E-state index contributed by atoms with van der Waals surface area (Å²) in [5.41, 5.74) is 2.90. The standard InChI is InChI=1S/C30H41FN8O2/c1-5-39(28-25(32-20(2)3)8-9-27(31)35-28)23-10-12-37(13-11-23)29(40)26-19-21-18-22(6-7-24(21)34-26)33-30(41)38-16-14-36(4)15-17-38/h6-9,18-20,23,32,34H,5,10-17H2,1-4H3,(H,33,41). The van der Waals surface area contributed by atoms with Crippen LogP contribution in [0.3, 0.4) is 0 Å². The molecule has 5 rings (SSSR count). The van der Waals surface area contributed by atoms with Crippen LogP contribution in [0.15, 0.2) is 36.4 Å². The van der Waals surface area contributed by atoms with Gasteiger partial charge < -0.3 is 35.2 Å². The number of hydrogen-bond donors (Lipinski definition) is 3. The number of anilines is 3. The van der Waals surface area contributed by atoms with Crippen molar-refractivity contribution in [3.8, 4) is 0 Å². The summed E-state index contributed by atoms with van der Waals surface area (Å²) in [6.45, 7) is 11.2. The summed E-state index contributed by atoms with van der Waals surface area (Å²) in [7, 11) is 2.06. The summed E-state index contributed by atoms with van der Waals surface area (Å²) in [4.78, 5) is 41.7. The second kappa shape index (κ2) is 12.3. The zero-order valence-electron chi connectivity index (χ0n) is 24.4. The number of nitrogens with zero attached hydrogens (tertiary/aromatic N) is 5. The van der Waals surface area contributed by atoms with E-state index in [1.807, 2.05) is 47.9 Å². The van der Waals surface area contributed by atoms with Gasteiger partial charge in [-0.2, -0.15) is 4.39 Å². The predicted molar refractivity (Wildman–Crippen MR) is 161 cm³/mol. The van der Waals surface area contributed by atoms with Crippen LogP contribution in [0, 0.1) is 5.95 Å². The molecule has 3 amide bonds. The fourth-order valence-electron chi connectivity index (χ4n) is 5.74. The fourth-order valence-corrected chi connectivity index (χ4v) is 5.74. The highest BCUT2D eigenvalue weighted by Crippen LogP contribution is 2.30. The van der Waals surface area contributed by atoms with Gasteiger partial charge in [-0.05, 0) is 77.1 Å². The molecule has 0 spiro atoms. The highest BCUT2D eigenvalue weighted by Gasteiger charge is 2.29. The third-order valence-corrected chi connectivity index (χ3v) is 7.98. The quantitative estimate of drug-likeness (QED) is 0.367. The van der Waals surface area contributed by atoms with E-state index in [4.69, 9.17) is 0 Å². The first-order valence-electron chi connectivity index (χ1n) is 14.6. The van der Waals surface area contributed by atoms with Gasteiger partial charge in [0.05, 0.1) is 5.69 Å². The van der Waals surface area contributed by atoms with Gasteiger partial charge in [-0.1, -0.05) is 0 Å². The Kier molecular flexibility index (Phi) is 8.63. The SMILES string of the molecule is CCN(c1nc(F)ccc1NC(C)C)C1CCN(C(=O)c2cc3cc(NC(=O)N4CCN(C)CC4)ccc3[nH]2)CC1. The summed E-state index contributed by atoms with van der Waals surface area (Å²) in [6, 6.07) is 10.9. The lowest BCUT2D eigenvalue weighted by Gasteiger charge is -2.39. The number of likely N-dealkylation sites (N-methyl/N-ethyl adjacent to an activating group) is 1. The van der Waals surface area contributed by atoms with E-state index in [1.165, 1.54) is 6.07 Å². The zero-order valence-corrected chi connectivity index (χ0v) is 24.4. The van der Waals surface area contributed by atoms with Crippen molar-refractivity contribution < 1.29 is 14.0 Å². The number of rotatable bonds is 7. The van der Waals surface area contributed by atoms with Crippen molar-refractivity contribution in [1.29, 1.82) is 0 Å². The summed E-state index contributed by atoms with van der Waals surface area (Å²) < 4.78 is 14.1. The number of piperazine rings is 1. The molecule has 0 radical (unpaired) electrons. The Morgan fingerprint density at radius 2 is 1.78 bits per heavy atom. The second-order valence-corrected chi connectivity index (χ2v) is 11.3. The van der Waals surface area contributed by atoms with Crippen LogP contribution >= 0.6 is 0 Å². The van der Waals surface area contributed by atoms with Crippen molar-refractivity contribution in [3.63, 3.8) is 0 Å². The number of nitrogens with one attached hydrogen (secondary N) is 3. The van der Waals surface area contributed by atoms with Crippen LogP contribution in [0.5, 0.6) is 0 Å². The Bertz CT molecular complexity index is 1380. The number of benzene rings is 1. The van der Waals surface area contributed by atoms with E-state index in [2.05, 4.69) is 44.4 Å². The first-order valence-corrected chi connectivity index (χ1v) is 14.6. The Hall–Kier alpha value is -3.86. The van der Waals surface area contributed by atoms with Crippen molar-refractivity contribution in [3.05, 3.63) is 48.0 Å². The number of pyridine rings is 1. The number of hydrogen-bond acceptors (Lipinski definition) is 6. The molecular formula is C30H41FN8O2. The third-order valence-electron chi connectivity index (χ3n) is 7.98. The van der Waals surface area contributed by atoms with Crippen molar-refractivity contribution in [2.24, 2.45) is 0 Å². The number of halogens is 1. The number of piperidine rings is 1. The maximum atomic E-state index is 14.1. The van der Waals surface area contributed by atoms with E-state index in [0.717, 1.165) is 42.5 Å². The van der Waals surface area contributed by atoms with Gasteiger partial charge >= 0.3 is 6.03 Å². The van der Waals surface area contributed by atoms with Crippen molar-refractivity contribution in [1.82, 2.24) is 24.7 Å². The molecule has 2 aliphatic rings. The fraction of sp³-hybridized carbons (Fsp3) is 0.500. The lowest BCUT2D eigenvalue weighted by molar-refractivity contribution is 0.0707. The molecule has 220 valence electrons. The monoisotopic (exact) mass is 564 g/mol. The molecule has 3 N–H and O–H groups in total. The minimum absolute atomic E-state index is 0.0447. The number of aromatic amines is 1. The van der Waals surface area contributed by atoms with Gasteiger partial charge in [-0.3, -0.25) is 4.79 Å². The van der Waals surface area contributed by atoms with E-state index in [9.17, 15) is 14.0 Å². The number of carbonyl (C=O) groups is 2.